The van der Waals surface area contributed by atoms with E-state index in [4.69, 9.17) is 19.4 Å². The number of pyridine rings is 2. The zero-order valence-electron chi connectivity index (χ0n) is 25.9. The molecule has 8 rings (SSSR count). The molecule has 0 aliphatic heterocycles. The molecule has 4 aromatic heterocycles. The Morgan fingerprint density at radius 1 is 0.531 bits per heavy atom. The van der Waals surface area contributed by atoms with E-state index in [9.17, 15) is 0 Å². The zero-order valence-corrected chi connectivity index (χ0v) is 29.0. The Labute approximate surface area is 311 Å². The average Bonchev–Trinajstić information content (AvgIpc) is 3.45. The molecule has 0 saturated heterocycles. The van der Waals surface area contributed by atoms with Crippen molar-refractivity contribution in [3.63, 3.8) is 0 Å². The summed E-state index contributed by atoms with van der Waals surface area (Å²) >= 11 is 0. The number of aryl methyl sites for hydroxylation is 1. The summed E-state index contributed by atoms with van der Waals surface area (Å²) in [4.78, 5) is 18.3. The number of fused-ring (bicyclic) bond motifs is 3. The number of nitrogens with zero attached hydrogens (tertiary/aromatic N) is 5. The molecule has 0 saturated carbocycles. The molecule has 0 aliphatic carbocycles. The molecule has 49 heavy (non-hydrogen) atoms. The van der Waals surface area contributed by atoms with E-state index in [1.807, 2.05) is 114 Å². The van der Waals surface area contributed by atoms with Gasteiger partial charge in [0.2, 0.25) is 5.95 Å². The van der Waals surface area contributed by atoms with Crippen LogP contribution in [0.4, 0.5) is 0 Å². The summed E-state index contributed by atoms with van der Waals surface area (Å²) in [6.07, 6.45) is 8.05. The summed E-state index contributed by atoms with van der Waals surface area (Å²) in [6.45, 7) is 2.08. The number of aromatic nitrogens is 5. The van der Waals surface area contributed by atoms with E-state index in [2.05, 4.69) is 41.2 Å². The molecule has 0 amide bonds. The van der Waals surface area contributed by atoms with Crippen LogP contribution in [0.25, 0.3) is 50.3 Å². The minimum Gasteiger partial charge on any atom is -0.503 e. The van der Waals surface area contributed by atoms with Crippen molar-refractivity contribution >= 4 is 21.8 Å². The molecule has 0 unspecified atom stereocenters. The summed E-state index contributed by atoms with van der Waals surface area (Å²) in [7, 11) is 0. The molecular weight excluding hydrogens is 795 g/mol. The van der Waals surface area contributed by atoms with Gasteiger partial charge in [0, 0.05) is 47.8 Å². The van der Waals surface area contributed by atoms with Crippen molar-refractivity contribution in [1.29, 1.82) is 0 Å². The van der Waals surface area contributed by atoms with Gasteiger partial charge in [-0.3, -0.25) is 0 Å². The van der Waals surface area contributed by atoms with Gasteiger partial charge >= 0.3 is 40.8 Å². The van der Waals surface area contributed by atoms with Crippen LogP contribution in [0.2, 0.25) is 0 Å². The van der Waals surface area contributed by atoms with Gasteiger partial charge in [-0.2, -0.15) is 22.9 Å². The summed E-state index contributed by atoms with van der Waals surface area (Å²) in [6, 6.07) is 44.5. The van der Waals surface area contributed by atoms with Crippen molar-refractivity contribution in [1.82, 2.24) is 24.5 Å². The van der Waals surface area contributed by atoms with E-state index in [-0.39, 0.29) is 40.8 Å². The summed E-state index contributed by atoms with van der Waals surface area (Å²) < 4.78 is 14.5. The summed E-state index contributed by atoms with van der Waals surface area (Å²) in [5, 5.41) is 1.90. The number of rotatable bonds is 8. The molecule has 0 bridgehead atoms. The minimum atomic E-state index is 0. The van der Waals surface area contributed by atoms with E-state index >= 15 is 0 Å². The van der Waals surface area contributed by atoms with Crippen LogP contribution in [-0.2, 0) is 47.3 Å². The minimum absolute atomic E-state index is 0. The van der Waals surface area contributed by atoms with Crippen LogP contribution in [-0.4, -0.2) is 24.5 Å². The fourth-order valence-electron chi connectivity index (χ4n) is 5.39. The quantitative estimate of drug-likeness (QED) is 0.113. The van der Waals surface area contributed by atoms with Crippen molar-refractivity contribution in [3.8, 4) is 51.5 Å². The van der Waals surface area contributed by atoms with Crippen LogP contribution in [0.15, 0.2) is 122 Å². The molecule has 0 radical (unpaired) electrons. The monoisotopic (exact) mass is 819 g/mol. The van der Waals surface area contributed by atoms with Crippen LogP contribution >= 0.6 is 0 Å². The first kappa shape index (κ1) is 33.9. The third-order valence-corrected chi connectivity index (χ3v) is 7.69. The van der Waals surface area contributed by atoms with Crippen molar-refractivity contribution in [2.24, 2.45) is 0 Å². The maximum Gasteiger partial charge on any atom is 2.00 e. The van der Waals surface area contributed by atoms with E-state index in [1.165, 1.54) is 0 Å². The molecular formula is C40H25N5O2Pd2. The van der Waals surface area contributed by atoms with Crippen molar-refractivity contribution in [2.75, 3.05) is 0 Å². The third-order valence-electron chi connectivity index (χ3n) is 7.69. The Balaban J connectivity index is 0.00000208. The van der Waals surface area contributed by atoms with Gasteiger partial charge in [-0.15, -0.1) is 71.8 Å². The van der Waals surface area contributed by atoms with E-state index < -0.39 is 0 Å². The normalized spacial score (nSPS) is 10.7. The van der Waals surface area contributed by atoms with Crippen molar-refractivity contribution < 1.29 is 50.3 Å². The Bertz CT molecular complexity index is 2210. The Kier molecular flexibility index (Phi) is 10.4. The predicted octanol–water partition coefficient (Wildman–Crippen LogP) is 9.04. The molecule has 4 heterocycles. The molecule has 0 N–H and O–H groups in total. The molecule has 7 nitrogen and oxygen atoms in total. The fourth-order valence-corrected chi connectivity index (χ4v) is 5.39. The Morgan fingerprint density at radius 3 is 1.47 bits per heavy atom. The fraction of sp³-hybridized carbons (Fsp3) is 0.0500. The predicted molar refractivity (Wildman–Crippen MR) is 181 cm³/mol. The van der Waals surface area contributed by atoms with Gasteiger partial charge < -0.3 is 24.0 Å². The van der Waals surface area contributed by atoms with E-state index in [0.717, 1.165) is 56.3 Å². The molecule has 0 spiro atoms. The van der Waals surface area contributed by atoms with Gasteiger partial charge in [0.15, 0.2) is 0 Å². The zero-order chi connectivity index (χ0) is 31.6. The van der Waals surface area contributed by atoms with Crippen molar-refractivity contribution in [3.05, 3.63) is 152 Å². The third kappa shape index (κ3) is 7.08. The second-order valence-electron chi connectivity index (χ2n) is 10.7. The summed E-state index contributed by atoms with van der Waals surface area (Å²) in [5.74, 6) is 2.66. The van der Waals surface area contributed by atoms with Crippen LogP contribution in [0, 0.1) is 24.3 Å². The first-order valence-corrected chi connectivity index (χ1v) is 15.2. The molecule has 4 aromatic carbocycles. The Morgan fingerprint density at radius 2 is 1.02 bits per heavy atom. The van der Waals surface area contributed by atoms with E-state index in [1.54, 1.807) is 12.4 Å². The van der Waals surface area contributed by atoms with Gasteiger partial charge in [0.1, 0.15) is 0 Å². The van der Waals surface area contributed by atoms with Gasteiger partial charge in [-0.25, -0.2) is 9.97 Å². The van der Waals surface area contributed by atoms with E-state index in [0.29, 0.717) is 28.9 Å². The van der Waals surface area contributed by atoms with Crippen LogP contribution in [0.5, 0.6) is 23.0 Å². The standard InChI is InChI=1S/C40H25N5O2.2Pd/c1-2-27-25-43-40(44-26-27)45-38-23-32(46-30-11-7-9-28(21-30)36-13-3-5-19-41-36)15-17-34(38)35-18-16-33(24-39(35)45)47-31-12-8-10-29(22-31)37-14-4-6-20-42-37;;/h3-20,25-26H,2H2,1H3;;/q-4;2*+2. The topological polar surface area (TPSA) is 75.0 Å². The first-order chi connectivity index (χ1) is 23.2. The van der Waals surface area contributed by atoms with Crippen LogP contribution < -0.4 is 9.47 Å². The second-order valence-corrected chi connectivity index (χ2v) is 10.7. The van der Waals surface area contributed by atoms with Crippen LogP contribution in [0.1, 0.15) is 12.5 Å². The number of hydrogen-bond donors (Lipinski definition) is 0. The second kappa shape index (κ2) is 15.0. The molecule has 8 aromatic rings. The SMILES string of the molecule is CCc1cnc(-n2c3[c-]c(Oc4[c-]c(-c5ccccn5)ccc4)ccc3c3ccc(Oc4[c-]c(-c5ccccn5)ccc4)[c-]c32)nc1.[Pd+2].[Pd+2]. The number of benzene rings is 4. The van der Waals surface area contributed by atoms with Gasteiger partial charge in [0.05, 0.1) is 0 Å². The molecule has 9 heteroatoms. The molecule has 0 aliphatic rings. The largest absolute Gasteiger partial charge is 2.00 e. The van der Waals surface area contributed by atoms with Crippen LogP contribution in [0.3, 0.4) is 0 Å². The molecule has 242 valence electrons. The molecule has 0 atom stereocenters. The first-order valence-electron chi connectivity index (χ1n) is 15.2. The number of ether oxygens (including phenoxy) is 2. The number of hydrogen-bond acceptors (Lipinski definition) is 6. The van der Waals surface area contributed by atoms with Crippen molar-refractivity contribution in [2.45, 2.75) is 13.3 Å². The maximum atomic E-state index is 6.29. The molecule has 0 fully saturated rings. The van der Waals surface area contributed by atoms with Gasteiger partial charge in [-0.1, -0.05) is 54.4 Å². The Hall–Kier alpha value is -5.02. The smallest absolute Gasteiger partial charge is 0.503 e. The maximum absolute atomic E-state index is 6.29. The summed E-state index contributed by atoms with van der Waals surface area (Å²) in [5.41, 5.74) is 5.86. The van der Waals surface area contributed by atoms with Gasteiger partial charge in [0.25, 0.3) is 0 Å². The average molecular weight is 821 g/mol. The van der Waals surface area contributed by atoms with Gasteiger partial charge in [-0.05, 0) is 35.5 Å².